The summed E-state index contributed by atoms with van der Waals surface area (Å²) in [4.78, 5) is 18.9. The predicted octanol–water partition coefficient (Wildman–Crippen LogP) is 4.20. The van der Waals surface area contributed by atoms with Crippen LogP contribution in [-0.2, 0) is 17.6 Å². The van der Waals surface area contributed by atoms with Crippen molar-refractivity contribution in [1.29, 1.82) is 0 Å². The fourth-order valence-corrected chi connectivity index (χ4v) is 5.15. The van der Waals surface area contributed by atoms with Crippen molar-refractivity contribution in [2.45, 2.75) is 25.8 Å². The van der Waals surface area contributed by atoms with Crippen LogP contribution in [0.15, 0.2) is 66.7 Å². The van der Waals surface area contributed by atoms with Crippen LogP contribution in [0.25, 0.3) is 10.9 Å². The summed E-state index contributed by atoms with van der Waals surface area (Å²) >= 11 is 0. The van der Waals surface area contributed by atoms with Crippen molar-refractivity contribution in [1.82, 2.24) is 9.88 Å². The summed E-state index contributed by atoms with van der Waals surface area (Å²) in [5.41, 5.74) is 11.2. The Kier molecular flexibility index (Phi) is 10.1. The molecule has 5 N–H and O–H groups in total. The number of aromatic nitrogens is 1. The Morgan fingerprint density at radius 2 is 1.61 bits per heavy atom. The largest absolute Gasteiger partial charge is 0.508 e. The molecule has 0 spiro atoms. The highest BCUT2D eigenvalue weighted by Crippen LogP contribution is 2.34. The number of phenolic OH excluding ortho intramolecular Hbond substituents is 1. The molecule has 1 aliphatic heterocycles. The van der Waals surface area contributed by atoms with Gasteiger partial charge in [-0.25, -0.2) is 0 Å². The summed E-state index contributed by atoms with van der Waals surface area (Å²) in [5.74, 6) is 0.687. The molecule has 1 unspecified atom stereocenters. The number of piperazine rings is 1. The number of aromatic hydroxyl groups is 1. The number of H-pyrrole nitrogens is 1. The lowest BCUT2D eigenvalue weighted by Crippen LogP contribution is -2.47. The first-order valence-electron chi connectivity index (χ1n) is 13.8. The zero-order valence-corrected chi connectivity index (χ0v) is 24.0. The van der Waals surface area contributed by atoms with E-state index in [0.717, 1.165) is 61.7 Å². The molecule has 5 rings (SSSR count). The van der Waals surface area contributed by atoms with E-state index in [0.29, 0.717) is 0 Å². The van der Waals surface area contributed by atoms with Gasteiger partial charge in [0, 0.05) is 61.1 Å². The van der Waals surface area contributed by atoms with Gasteiger partial charge in [-0.3, -0.25) is 9.69 Å². The summed E-state index contributed by atoms with van der Waals surface area (Å²) in [6.07, 6.45) is 1.31. The third-order valence-electron chi connectivity index (χ3n) is 7.50. The molecule has 0 radical (unpaired) electrons. The maximum atomic E-state index is 10.4. The number of anilines is 1. The van der Waals surface area contributed by atoms with Crippen molar-refractivity contribution < 1.29 is 24.5 Å². The Bertz CT molecular complexity index is 1410. The van der Waals surface area contributed by atoms with Crippen LogP contribution in [0, 0.1) is 6.92 Å². The number of ether oxygens (including phenoxy) is 2. The van der Waals surface area contributed by atoms with Gasteiger partial charge >= 0.3 is 5.97 Å². The number of aryl methyl sites for hydroxylation is 1. The number of para-hydroxylation sites is 1. The molecule has 0 amide bonds. The van der Waals surface area contributed by atoms with Gasteiger partial charge in [-0.15, -0.1) is 0 Å². The lowest BCUT2D eigenvalue weighted by Gasteiger charge is -2.36. The van der Waals surface area contributed by atoms with E-state index in [9.17, 15) is 4.79 Å². The zero-order valence-electron chi connectivity index (χ0n) is 24.0. The first-order valence-corrected chi connectivity index (χ1v) is 13.8. The van der Waals surface area contributed by atoms with E-state index < -0.39 is 12.0 Å². The smallest absolute Gasteiger partial charge is 0.320 e. The highest BCUT2D eigenvalue weighted by molar-refractivity contribution is 5.88. The SMILES string of the molecule is COc1cc2[nH]c(C)c(CCN3CCN(c4ccccc4)CC3)c2cc1OC.NC(Cc1ccc(O)cc1)C(=O)O. The number of carboxylic acids is 1. The normalized spacial score (nSPS) is 14.3. The number of nitrogens with zero attached hydrogens (tertiary/aromatic N) is 2. The number of nitrogens with two attached hydrogens (primary N) is 1. The standard InChI is InChI=1S/C23H29N3O2.C9H11NO3/c1-17-19(20-15-22(27-2)23(28-3)16-21(20)24-17)9-10-25-11-13-26(14-12-25)18-7-5-4-6-8-18;10-8(9(12)13)5-6-1-3-7(11)4-2-6/h4-8,15-16,24H,9-14H2,1-3H3;1-4,8,11H,5,10H2,(H,12,13). The lowest BCUT2D eigenvalue weighted by atomic mass is 10.1. The van der Waals surface area contributed by atoms with E-state index in [1.54, 1.807) is 26.4 Å². The Hall–Kier alpha value is -4.21. The van der Waals surface area contributed by atoms with Crippen LogP contribution in [0.5, 0.6) is 17.2 Å². The number of phenols is 1. The number of benzene rings is 3. The van der Waals surface area contributed by atoms with Crippen LogP contribution in [0.3, 0.4) is 0 Å². The second-order valence-electron chi connectivity index (χ2n) is 10.2. The molecule has 9 heteroatoms. The van der Waals surface area contributed by atoms with E-state index in [4.69, 9.17) is 25.4 Å². The molecule has 1 atom stereocenters. The predicted molar refractivity (Wildman–Crippen MR) is 162 cm³/mol. The molecule has 0 saturated carbocycles. The first-order chi connectivity index (χ1) is 19.8. The highest BCUT2D eigenvalue weighted by atomic mass is 16.5. The Morgan fingerprint density at radius 1 is 0.976 bits per heavy atom. The van der Waals surface area contributed by atoms with Crippen LogP contribution in [0.4, 0.5) is 5.69 Å². The van der Waals surface area contributed by atoms with Gasteiger partial charge in [0.1, 0.15) is 11.8 Å². The molecule has 1 aromatic heterocycles. The first kappa shape index (κ1) is 29.8. The summed E-state index contributed by atoms with van der Waals surface area (Å²) in [7, 11) is 3.37. The molecule has 1 fully saturated rings. The third kappa shape index (κ3) is 7.71. The van der Waals surface area contributed by atoms with Gasteiger partial charge in [-0.2, -0.15) is 0 Å². The van der Waals surface area contributed by atoms with Crippen LogP contribution in [0.1, 0.15) is 16.8 Å². The second kappa shape index (κ2) is 13.9. The fraction of sp³-hybridized carbons (Fsp3) is 0.344. The number of methoxy groups -OCH3 is 2. The van der Waals surface area contributed by atoms with E-state index in [1.807, 2.05) is 6.07 Å². The molecule has 9 nitrogen and oxygen atoms in total. The second-order valence-corrected chi connectivity index (χ2v) is 10.2. The number of nitrogens with one attached hydrogen (secondary N) is 1. The molecule has 41 heavy (non-hydrogen) atoms. The number of aromatic amines is 1. The summed E-state index contributed by atoms with van der Waals surface area (Å²) in [6, 6.07) is 20.3. The average Bonchev–Trinajstić information content (AvgIpc) is 3.30. The Balaban J connectivity index is 0.000000251. The minimum absolute atomic E-state index is 0.160. The van der Waals surface area contributed by atoms with Crippen LogP contribution in [-0.4, -0.2) is 79.1 Å². The molecule has 218 valence electrons. The lowest BCUT2D eigenvalue weighted by molar-refractivity contribution is -0.138. The van der Waals surface area contributed by atoms with Crippen LogP contribution >= 0.6 is 0 Å². The maximum Gasteiger partial charge on any atom is 0.320 e. The summed E-state index contributed by atoms with van der Waals surface area (Å²) < 4.78 is 10.9. The highest BCUT2D eigenvalue weighted by Gasteiger charge is 2.19. The van der Waals surface area contributed by atoms with Crippen molar-refractivity contribution in [3.63, 3.8) is 0 Å². The Morgan fingerprint density at radius 3 is 2.22 bits per heavy atom. The van der Waals surface area contributed by atoms with E-state index >= 15 is 0 Å². The van der Waals surface area contributed by atoms with Crippen LogP contribution in [0.2, 0.25) is 0 Å². The van der Waals surface area contributed by atoms with Gasteiger partial charge in [-0.05, 0) is 61.2 Å². The monoisotopic (exact) mass is 560 g/mol. The molecule has 2 heterocycles. The molecular formula is C32H40N4O5. The summed E-state index contributed by atoms with van der Waals surface area (Å²) in [6.45, 7) is 7.61. The van der Waals surface area contributed by atoms with Crippen molar-refractivity contribution >= 4 is 22.6 Å². The average molecular weight is 561 g/mol. The minimum Gasteiger partial charge on any atom is -0.508 e. The van der Waals surface area contributed by atoms with Gasteiger partial charge < -0.3 is 35.3 Å². The molecular weight excluding hydrogens is 520 g/mol. The fourth-order valence-electron chi connectivity index (χ4n) is 5.15. The van der Waals surface area contributed by atoms with Gasteiger partial charge in [0.15, 0.2) is 11.5 Å². The van der Waals surface area contributed by atoms with Crippen molar-refractivity contribution in [2.75, 3.05) is 51.8 Å². The third-order valence-corrected chi connectivity index (χ3v) is 7.50. The van der Waals surface area contributed by atoms with E-state index in [2.05, 4.69) is 58.1 Å². The van der Waals surface area contributed by atoms with Gasteiger partial charge in [0.25, 0.3) is 0 Å². The molecule has 0 bridgehead atoms. The minimum atomic E-state index is -1.02. The van der Waals surface area contributed by atoms with Crippen LogP contribution < -0.4 is 20.1 Å². The van der Waals surface area contributed by atoms with Crippen molar-refractivity contribution in [3.8, 4) is 17.2 Å². The topological polar surface area (TPSA) is 124 Å². The van der Waals surface area contributed by atoms with Gasteiger partial charge in [0.05, 0.1) is 14.2 Å². The van der Waals surface area contributed by atoms with Gasteiger partial charge in [0.2, 0.25) is 0 Å². The molecule has 4 aromatic rings. The Labute approximate surface area is 241 Å². The number of carbonyl (C=O) groups is 1. The quantitative estimate of drug-likeness (QED) is 0.240. The molecule has 3 aromatic carbocycles. The number of rotatable bonds is 9. The maximum absolute atomic E-state index is 10.4. The van der Waals surface area contributed by atoms with E-state index in [-0.39, 0.29) is 12.2 Å². The number of fused-ring (bicyclic) bond motifs is 1. The molecule has 1 saturated heterocycles. The number of carboxylic acid groups (broad SMARTS) is 1. The molecule has 1 aliphatic rings. The number of aliphatic carboxylic acids is 1. The summed E-state index contributed by atoms with van der Waals surface area (Å²) in [5, 5.41) is 18.7. The van der Waals surface area contributed by atoms with Crippen molar-refractivity contribution in [3.05, 3.63) is 83.6 Å². The number of hydrogen-bond acceptors (Lipinski definition) is 7. The molecule has 0 aliphatic carbocycles. The zero-order chi connectivity index (χ0) is 29.4. The van der Waals surface area contributed by atoms with Gasteiger partial charge in [-0.1, -0.05) is 30.3 Å². The number of hydrogen-bond donors (Lipinski definition) is 4. The van der Waals surface area contributed by atoms with E-state index in [1.165, 1.54) is 34.5 Å². The van der Waals surface area contributed by atoms with Crippen molar-refractivity contribution in [2.24, 2.45) is 5.73 Å².